The van der Waals surface area contributed by atoms with Gasteiger partial charge in [-0.25, -0.2) is 0 Å². The third-order valence-corrected chi connectivity index (χ3v) is 2.28. The van der Waals surface area contributed by atoms with Gasteiger partial charge in [0.05, 0.1) is 4.92 Å². The van der Waals surface area contributed by atoms with E-state index in [1.54, 1.807) is 0 Å². The van der Waals surface area contributed by atoms with Crippen LogP contribution in [0.25, 0.3) is 0 Å². The van der Waals surface area contributed by atoms with Gasteiger partial charge in [0.25, 0.3) is 5.69 Å². The lowest BCUT2D eigenvalue weighted by Crippen LogP contribution is -2.09. The first kappa shape index (κ1) is 12.6. The SMILES string of the molecule is NNc1ccc(SC(F)(F)F)cc1[N+](=O)[O-]. The number of halogens is 3. The van der Waals surface area contributed by atoms with Crippen LogP contribution in [-0.2, 0) is 0 Å². The number of thioether (sulfide) groups is 1. The Morgan fingerprint density at radius 3 is 2.50 bits per heavy atom. The molecule has 3 N–H and O–H groups in total. The lowest BCUT2D eigenvalue weighted by atomic mass is 10.3. The molecule has 1 aromatic carbocycles. The molecule has 0 unspecified atom stereocenters. The molecule has 0 saturated carbocycles. The van der Waals surface area contributed by atoms with E-state index in [4.69, 9.17) is 5.84 Å². The zero-order valence-corrected chi connectivity index (χ0v) is 8.43. The summed E-state index contributed by atoms with van der Waals surface area (Å²) in [4.78, 5) is 9.44. The molecule has 0 saturated heterocycles. The highest BCUT2D eigenvalue weighted by atomic mass is 32.2. The summed E-state index contributed by atoms with van der Waals surface area (Å²) < 4.78 is 36.0. The molecule has 0 aliphatic carbocycles. The quantitative estimate of drug-likeness (QED) is 0.374. The molecule has 1 rings (SSSR count). The van der Waals surface area contributed by atoms with Crippen molar-refractivity contribution in [3.05, 3.63) is 28.3 Å². The van der Waals surface area contributed by atoms with Gasteiger partial charge in [0.2, 0.25) is 0 Å². The first-order chi connectivity index (χ1) is 7.33. The van der Waals surface area contributed by atoms with Crippen molar-refractivity contribution in [2.24, 2.45) is 5.84 Å². The number of nitro benzene ring substituents is 1. The van der Waals surface area contributed by atoms with Gasteiger partial charge >= 0.3 is 5.51 Å². The molecular weight excluding hydrogens is 247 g/mol. The Kier molecular flexibility index (Phi) is 3.60. The molecule has 0 aliphatic rings. The monoisotopic (exact) mass is 253 g/mol. The Labute approximate surface area is 91.9 Å². The van der Waals surface area contributed by atoms with E-state index >= 15 is 0 Å². The van der Waals surface area contributed by atoms with Crippen molar-refractivity contribution in [2.75, 3.05) is 5.43 Å². The predicted molar refractivity (Wildman–Crippen MR) is 52.8 cm³/mol. The first-order valence-electron chi connectivity index (χ1n) is 3.84. The zero-order valence-electron chi connectivity index (χ0n) is 7.62. The molecule has 0 aliphatic heterocycles. The Hall–Kier alpha value is -1.48. The highest BCUT2D eigenvalue weighted by molar-refractivity contribution is 8.00. The van der Waals surface area contributed by atoms with Crippen LogP contribution in [0, 0.1) is 10.1 Å². The van der Waals surface area contributed by atoms with E-state index in [0.717, 1.165) is 18.2 Å². The maximum atomic E-state index is 12.0. The second kappa shape index (κ2) is 4.58. The van der Waals surface area contributed by atoms with Crippen molar-refractivity contribution in [1.29, 1.82) is 0 Å². The molecule has 9 heteroatoms. The second-order valence-electron chi connectivity index (χ2n) is 2.63. The summed E-state index contributed by atoms with van der Waals surface area (Å²) in [5, 5.41) is 10.5. The van der Waals surface area contributed by atoms with Crippen LogP contribution in [0.2, 0.25) is 0 Å². The van der Waals surface area contributed by atoms with E-state index < -0.39 is 27.9 Å². The van der Waals surface area contributed by atoms with Gasteiger partial charge in [-0.3, -0.25) is 16.0 Å². The van der Waals surface area contributed by atoms with Crippen LogP contribution in [0.1, 0.15) is 0 Å². The van der Waals surface area contributed by atoms with Gasteiger partial charge in [-0.2, -0.15) is 13.2 Å². The Morgan fingerprint density at radius 2 is 2.06 bits per heavy atom. The van der Waals surface area contributed by atoms with Gasteiger partial charge in [0, 0.05) is 11.0 Å². The van der Waals surface area contributed by atoms with Gasteiger partial charge in [-0.15, -0.1) is 0 Å². The fourth-order valence-corrected chi connectivity index (χ4v) is 1.56. The van der Waals surface area contributed by atoms with Crippen molar-refractivity contribution < 1.29 is 18.1 Å². The third-order valence-electron chi connectivity index (χ3n) is 1.55. The maximum Gasteiger partial charge on any atom is 0.446 e. The van der Waals surface area contributed by atoms with Gasteiger partial charge < -0.3 is 5.43 Å². The highest BCUT2D eigenvalue weighted by Gasteiger charge is 2.30. The highest BCUT2D eigenvalue weighted by Crippen LogP contribution is 2.39. The largest absolute Gasteiger partial charge is 0.446 e. The number of hydrazine groups is 1. The van der Waals surface area contributed by atoms with Crippen molar-refractivity contribution in [3.63, 3.8) is 0 Å². The molecule has 0 bridgehead atoms. The number of nitrogen functional groups attached to an aromatic ring is 1. The molecule has 16 heavy (non-hydrogen) atoms. The summed E-state index contributed by atoms with van der Waals surface area (Å²) in [6.07, 6.45) is 0. The van der Waals surface area contributed by atoms with Crippen LogP contribution in [0.4, 0.5) is 24.5 Å². The lowest BCUT2D eigenvalue weighted by Gasteiger charge is -2.07. The molecule has 0 radical (unpaired) electrons. The van der Waals surface area contributed by atoms with Crippen molar-refractivity contribution in [2.45, 2.75) is 10.4 Å². The predicted octanol–water partition coefficient (Wildman–Crippen LogP) is 2.49. The summed E-state index contributed by atoms with van der Waals surface area (Å²) in [7, 11) is 0. The smallest absolute Gasteiger partial charge is 0.318 e. The fourth-order valence-electron chi connectivity index (χ4n) is 0.982. The topological polar surface area (TPSA) is 81.2 Å². The Morgan fingerprint density at radius 1 is 1.44 bits per heavy atom. The van der Waals surface area contributed by atoms with Crippen molar-refractivity contribution in [3.8, 4) is 0 Å². The minimum atomic E-state index is -4.48. The standard InChI is InChI=1S/C7H6F3N3O2S/c8-7(9,10)16-4-1-2-5(12-11)6(3-4)13(14)15/h1-3,12H,11H2. The number of nitrogens with zero attached hydrogens (tertiary/aromatic N) is 1. The summed E-state index contributed by atoms with van der Waals surface area (Å²) >= 11 is -0.422. The van der Waals surface area contributed by atoms with Gasteiger partial charge in [0.1, 0.15) is 5.69 Å². The van der Waals surface area contributed by atoms with E-state index in [2.05, 4.69) is 0 Å². The normalized spacial score (nSPS) is 11.2. The van der Waals surface area contributed by atoms with Gasteiger partial charge in [0.15, 0.2) is 0 Å². The lowest BCUT2D eigenvalue weighted by molar-refractivity contribution is -0.384. The molecular formula is C7H6F3N3O2S. The molecule has 0 aromatic heterocycles. The number of alkyl halides is 3. The average Bonchev–Trinajstić information content (AvgIpc) is 2.15. The number of anilines is 1. The van der Waals surface area contributed by atoms with Crippen LogP contribution in [0.5, 0.6) is 0 Å². The van der Waals surface area contributed by atoms with E-state index in [0.29, 0.717) is 0 Å². The molecule has 0 amide bonds. The van der Waals surface area contributed by atoms with E-state index in [9.17, 15) is 23.3 Å². The molecule has 0 heterocycles. The van der Waals surface area contributed by atoms with Crippen LogP contribution in [0.3, 0.4) is 0 Å². The van der Waals surface area contributed by atoms with Gasteiger partial charge in [-0.1, -0.05) is 0 Å². The second-order valence-corrected chi connectivity index (χ2v) is 3.77. The van der Waals surface area contributed by atoms with Crippen LogP contribution >= 0.6 is 11.8 Å². The zero-order chi connectivity index (χ0) is 12.3. The number of rotatable bonds is 3. The van der Waals surface area contributed by atoms with Crippen LogP contribution < -0.4 is 11.3 Å². The number of nitrogens with one attached hydrogen (secondary N) is 1. The molecule has 0 atom stereocenters. The average molecular weight is 253 g/mol. The molecule has 0 fully saturated rings. The van der Waals surface area contributed by atoms with E-state index in [1.807, 2.05) is 5.43 Å². The van der Waals surface area contributed by atoms with E-state index in [-0.39, 0.29) is 10.6 Å². The number of nitro groups is 1. The number of benzene rings is 1. The molecule has 1 aromatic rings. The first-order valence-corrected chi connectivity index (χ1v) is 4.66. The third kappa shape index (κ3) is 3.28. The van der Waals surface area contributed by atoms with E-state index in [1.165, 1.54) is 0 Å². The fraction of sp³-hybridized carbons (Fsp3) is 0.143. The van der Waals surface area contributed by atoms with Crippen LogP contribution in [0.15, 0.2) is 23.1 Å². The minimum absolute atomic E-state index is 0.0449. The summed E-state index contributed by atoms with van der Waals surface area (Å²) in [5.74, 6) is 4.98. The van der Waals surface area contributed by atoms with Crippen molar-refractivity contribution in [1.82, 2.24) is 0 Å². The number of hydrogen-bond acceptors (Lipinski definition) is 5. The number of hydrogen-bond donors (Lipinski definition) is 2. The molecule has 5 nitrogen and oxygen atoms in total. The Bertz CT molecular complexity index is 410. The minimum Gasteiger partial charge on any atom is -0.318 e. The molecule has 88 valence electrons. The number of nitrogens with two attached hydrogens (primary N) is 1. The van der Waals surface area contributed by atoms with Gasteiger partial charge in [-0.05, 0) is 23.9 Å². The maximum absolute atomic E-state index is 12.0. The van der Waals surface area contributed by atoms with Crippen LogP contribution in [-0.4, -0.2) is 10.4 Å². The summed E-state index contributed by atoms with van der Waals surface area (Å²) in [6.45, 7) is 0. The molecule has 0 spiro atoms. The van der Waals surface area contributed by atoms with Crippen molar-refractivity contribution >= 4 is 23.1 Å². The summed E-state index contributed by atoms with van der Waals surface area (Å²) in [5.41, 5.74) is -2.99. The summed E-state index contributed by atoms with van der Waals surface area (Å²) in [6, 6.07) is 3.03. The Balaban J connectivity index is 3.07.